The molecular formula is C20H16BrClN2O3S. The molecule has 8 heteroatoms. The molecule has 0 aromatic heterocycles. The number of hydrogen-bond acceptors (Lipinski definition) is 4. The van der Waals surface area contributed by atoms with Crippen LogP contribution in [0, 0.1) is 0 Å². The van der Waals surface area contributed by atoms with Gasteiger partial charge >= 0.3 is 0 Å². The Bertz CT molecular complexity index is 983. The third-order valence-corrected chi connectivity index (χ3v) is 5.79. The van der Waals surface area contributed by atoms with Crippen molar-refractivity contribution in [2.24, 2.45) is 0 Å². The van der Waals surface area contributed by atoms with Gasteiger partial charge in [0, 0.05) is 24.7 Å². The number of carbonyl (C=O) groups excluding carboxylic acids is 2. The van der Waals surface area contributed by atoms with Crippen LogP contribution in [0.1, 0.15) is 11.1 Å². The minimum atomic E-state index is -0.428. The van der Waals surface area contributed by atoms with Crippen LogP contribution in [-0.4, -0.2) is 40.8 Å². The van der Waals surface area contributed by atoms with Crippen LogP contribution in [-0.2, 0) is 16.2 Å². The molecule has 1 fully saturated rings. The molecule has 0 radical (unpaired) electrons. The maximum atomic E-state index is 12.4. The summed E-state index contributed by atoms with van der Waals surface area (Å²) in [6.45, 7) is 0.322. The summed E-state index contributed by atoms with van der Waals surface area (Å²) in [5, 5.41) is 0.817. The predicted octanol–water partition coefficient (Wildman–Crippen LogP) is 4.28. The van der Waals surface area contributed by atoms with Crippen LogP contribution < -0.4 is 4.74 Å². The molecule has 144 valence electrons. The van der Waals surface area contributed by atoms with Crippen molar-refractivity contribution in [1.29, 1.82) is 0 Å². The van der Waals surface area contributed by atoms with E-state index < -0.39 is 11.8 Å². The first-order valence-electron chi connectivity index (χ1n) is 8.27. The van der Waals surface area contributed by atoms with Gasteiger partial charge in [0.1, 0.15) is 17.9 Å². The van der Waals surface area contributed by atoms with Gasteiger partial charge in [0.25, 0.3) is 11.8 Å². The van der Waals surface area contributed by atoms with Crippen molar-refractivity contribution in [3.8, 4) is 5.75 Å². The second kappa shape index (κ2) is 8.43. The smallest absolute Gasteiger partial charge is 0.265 e. The molecule has 2 aromatic rings. The fourth-order valence-electron chi connectivity index (χ4n) is 2.64. The van der Waals surface area contributed by atoms with Crippen LogP contribution in [0.2, 0.25) is 5.02 Å². The zero-order valence-corrected chi connectivity index (χ0v) is 18.3. The maximum Gasteiger partial charge on any atom is 0.265 e. The summed E-state index contributed by atoms with van der Waals surface area (Å²) in [5.41, 5.74) is 1.61. The number of ether oxygens (including phenoxy) is 1. The largest absolute Gasteiger partial charge is 0.488 e. The van der Waals surface area contributed by atoms with E-state index in [2.05, 4.69) is 15.9 Å². The van der Waals surface area contributed by atoms with Gasteiger partial charge < -0.3 is 4.74 Å². The van der Waals surface area contributed by atoms with E-state index in [0.717, 1.165) is 5.56 Å². The molecule has 1 aliphatic rings. The molecule has 1 heterocycles. The number of hydrogen-bond donors (Lipinski definition) is 0. The highest BCUT2D eigenvalue weighted by molar-refractivity contribution is 9.10. The van der Waals surface area contributed by atoms with Crippen molar-refractivity contribution in [1.82, 2.24) is 9.80 Å². The summed E-state index contributed by atoms with van der Waals surface area (Å²) in [7, 11) is 3.09. The van der Waals surface area contributed by atoms with Crippen LogP contribution in [0.3, 0.4) is 0 Å². The van der Waals surface area contributed by atoms with Gasteiger partial charge in [-0.3, -0.25) is 19.4 Å². The highest BCUT2D eigenvalue weighted by atomic mass is 79.9. The molecule has 2 amide bonds. The molecule has 0 spiro atoms. The summed E-state index contributed by atoms with van der Waals surface area (Å²) in [5.74, 6) is -0.231. The van der Waals surface area contributed by atoms with E-state index in [0.29, 0.717) is 27.4 Å². The normalized spacial score (nSPS) is 14.6. The molecule has 0 aliphatic carbocycles. The van der Waals surface area contributed by atoms with E-state index >= 15 is 0 Å². The first-order valence-corrected chi connectivity index (χ1v) is 9.85. The lowest BCUT2D eigenvalue weighted by Crippen LogP contribution is -2.52. The van der Waals surface area contributed by atoms with Crippen molar-refractivity contribution >= 4 is 62.8 Å². The van der Waals surface area contributed by atoms with Gasteiger partial charge in [-0.15, -0.1) is 0 Å². The Balaban J connectivity index is 1.81. The average Bonchev–Trinajstić information content (AvgIpc) is 2.68. The van der Waals surface area contributed by atoms with Gasteiger partial charge in [0.2, 0.25) is 0 Å². The minimum Gasteiger partial charge on any atom is -0.488 e. The molecular weight excluding hydrogens is 464 g/mol. The van der Waals surface area contributed by atoms with E-state index in [1.807, 2.05) is 24.3 Å². The molecule has 0 saturated carbocycles. The van der Waals surface area contributed by atoms with Gasteiger partial charge in [-0.1, -0.05) is 35.9 Å². The number of thiocarbonyl (C=S) groups is 1. The Hall–Kier alpha value is -2.22. The third kappa shape index (κ3) is 4.11. The van der Waals surface area contributed by atoms with E-state index in [1.165, 1.54) is 9.80 Å². The fourth-order valence-corrected chi connectivity index (χ4v) is 3.50. The molecule has 5 nitrogen and oxygen atoms in total. The van der Waals surface area contributed by atoms with Crippen molar-refractivity contribution in [2.75, 3.05) is 14.1 Å². The first-order chi connectivity index (χ1) is 13.3. The predicted molar refractivity (Wildman–Crippen MR) is 116 cm³/mol. The van der Waals surface area contributed by atoms with Crippen molar-refractivity contribution in [3.05, 3.63) is 68.7 Å². The highest BCUT2D eigenvalue weighted by Gasteiger charge is 2.35. The molecule has 0 N–H and O–H groups in total. The van der Waals surface area contributed by atoms with Crippen molar-refractivity contribution in [2.45, 2.75) is 6.61 Å². The monoisotopic (exact) mass is 478 g/mol. The number of benzene rings is 2. The minimum absolute atomic E-state index is 0.0511. The molecule has 28 heavy (non-hydrogen) atoms. The molecule has 0 atom stereocenters. The SMILES string of the molecule is CN1C(=O)C(=Cc2ccc(OCc3ccccc3Cl)c(Br)c2)C(=O)N(C)C1=S. The molecule has 0 unspecified atom stereocenters. The molecule has 1 saturated heterocycles. The Labute approximate surface area is 181 Å². The van der Waals surface area contributed by atoms with Crippen LogP contribution in [0.15, 0.2) is 52.5 Å². The zero-order chi connectivity index (χ0) is 20.4. The maximum absolute atomic E-state index is 12.4. The summed E-state index contributed by atoms with van der Waals surface area (Å²) in [6, 6.07) is 12.8. The van der Waals surface area contributed by atoms with E-state index in [-0.39, 0.29) is 10.7 Å². The lowest BCUT2D eigenvalue weighted by molar-refractivity contribution is -0.132. The average molecular weight is 480 g/mol. The Morgan fingerprint density at radius 3 is 2.36 bits per heavy atom. The van der Waals surface area contributed by atoms with Gasteiger partial charge in [-0.05, 0) is 58.0 Å². The number of likely N-dealkylation sites (N-methyl/N-ethyl adjacent to an activating group) is 2. The van der Waals surface area contributed by atoms with Crippen LogP contribution in [0.25, 0.3) is 6.08 Å². The van der Waals surface area contributed by atoms with Gasteiger partial charge in [-0.25, -0.2) is 0 Å². The van der Waals surface area contributed by atoms with Crippen molar-refractivity contribution in [3.63, 3.8) is 0 Å². The summed E-state index contributed by atoms with van der Waals surface area (Å²) < 4.78 is 6.52. The van der Waals surface area contributed by atoms with Gasteiger partial charge in [0.15, 0.2) is 5.11 Å². The number of amides is 2. The third-order valence-electron chi connectivity index (χ3n) is 4.25. The molecule has 3 rings (SSSR count). The summed E-state index contributed by atoms with van der Waals surface area (Å²) >= 11 is 14.7. The van der Waals surface area contributed by atoms with Crippen molar-refractivity contribution < 1.29 is 14.3 Å². The lowest BCUT2D eigenvalue weighted by Gasteiger charge is -2.31. The highest BCUT2D eigenvalue weighted by Crippen LogP contribution is 2.29. The molecule has 2 aromatic carbocycles. The zero-order valence-electron chi connectivity index (χ0n) is 15.1. The van der Waals surface area contributed by atoms with E-state index in [1.54, 1.807) is 38.4 Å². The molecule has 1 aliphatic heterocycles. The van der Waals surface area contributed by atoms with Gasteiger partial charge in [0.05, 0.1) is 4.47 Å². The first kappa shape index (κ1) is 20.5. The Kier molecular flexibility index (Phi) is 6.17. The topological polar surface area (TPSA) is 49.9 Å². The van der Waals surface area contributed by atoms with E-state index in [4.69, 9.17) is 28.6 Å². The second-order valence-electron chi connectivity index (χ2n) is 6.14. The summed E-state index contributed by atoms with van der Waals surface area (Å²) in [4.78, 5) is 27.4. The van der Waals surface area contributed by atoms with Gasteiger partial charge in [-0.2, -0.15) is 0 Å². The van der Waals surface area contributed by atoms with Crippen LogP contribution >= 0.6 is 39.7 Å². The quantitative estimate of drug-likeness (QED) is 0.373. The number of nitrogens with zero attached hydrogens (tertiary/aromatic N) is 2. The Morgan fingerprint density at radius 1 is 1.11 bits per heavy atom. The fraction of sp³-hybridized carbons (Fsp3) is 0.150. The van der Waals surface area contributed by atoms with E-state index in [9.17, 15) is 9.59 Å². The molecule has 0 bridgehead atoms. The van der Waals surface area contributed by atoms with Crippen LogP contribution in [0.4, 0.5) is 0 Å². The lowest BCUT2D eigenvalue weighted by atomic mass is 10.1. The summed E-state index contributed by atoms with van der Waals surface area (Å²) in [6.07, 6.45) is 1.54. The number of halogens is 2. The number of carbonyl (C=O) groups is 2. The number of rotatable bonds is 4. The van der Waals surface area contributed by atoms with Crippen LogP contribution in [0.5, 0.6) is 5.75 Å². The second-order valence-corrected chi connectivity index (χ2v) is 7.77. The Morgan fingerprint density at radius 2 is 1.75 bits per heavy atom. The standard InChI is InChI=1S/C20H16BrClN2O3S/c1-23-18(25)14(19(26)24(2)20(23)28)9-12-7-8-17(15(21)10-12)27-11-13-5-3-4-6-16(13)22/h3-10H,11H2,1-2H3.